The Morgan fingerprint density at radius 2 is 1.84 bits per heavy atom. The van der Waals surface area contributed by atoms with E-state index in [1.165, 1.54) is 6.07 Å². The molecule has 0 spiro atoms. The standard InChI is InChI=1S/C23H19ClFNO4S/c1-16-13-17(4-10-23(16)30-11-2-12-31(27,28)29)3-9-22-21(25)14-19(15-26-22)18-5-7-20(24)8-6-18/h4-8,10,13-15H,2,11-12H2,1H3,(H,27,28,29). The highest BCUT2D eigenvalue weighted by Gasteiger charge is 2.07. The van der Waals surface area contributed by atoms with Crippen LogP contribution in [0.1, 0.15) is 23.2 Å². The number of aromatic nitrogens is 1. The first-order valence-electron chi connectivity index (χ1n) is 9.33. The van der Waals surface area contributed by atoms with Crippen LogP contribution in [0, 0.1) is 24.6 Å². The van der Waals surface area contributed by atoms with Gasteiger partial charge in [0, 0.05) is 22.3 Å². The molecule has 3 aromatic rings. The van der Waals surface area contributed by atoms with E-state index in [2.05, 4.69) is 16.8 Å². The molecule has 1 N–H and O–H groups in total. The number of hydrogen-bond donors (Lipinski definition) is 1. The molecular weight excluding hydrogens is 441 g/mol. The molecule has 160 valence electrons. The largest absolute Gasteiger partial charge is 0.493 e. The number of rotatable bonds is 6. The fraction of sp³-hybridized carbons (Fsp3) is 0.174. The number of halogens is 2. The molecule has 31 heavy (non-hydrogen) atoms. The first kappa shape index (κ1) is 22.8. The van der Waals surface area contributed by atoms with Crippen molar-refractivity contribution >= 4 is 21.7 Å². The van der Waals surface area contributed by atoms with Gasteiger partial charge in [0.15, 0.2) is 5.82 Å². The lowest BCUT2D eigenvalue weighted by atomic mass is 10.1. The molecule has 5 nitrogen and oxygen atoms in total. The summed E-state index contributed by atoms with van der Waals surface area (Å²) in [6.45, 7) is 1.98. The van der Waals surface area contributed by atoms with Crippen molar-refractivity contribution in [2.75, 3.05) is 12.4 Å². The Kier molecular flexibility index (Phi) is 7.29. The van der Waals surface area contributed by atoms with Gasteiger partial charge < -0.3 is 4.74 Å². The van der Waals surface area contributed by atoms with Crippen LogP contribution in [0.5, 0.6) is 5.75 Å². The Morgan fingerprint density at radius 3 is 2.48 bits per heavy atom. The Balaban J connectivity index is 1.68. The average Bonchev–Trinajstić information content (AvgIpc) is 2.71. The van der Waals surface area contributed by atoms with E-state index >= 15 is 0 Å². The predicted octanol–water partition coefficient (Wildman–Crippen LogP) is 4.91. The zero-order valence-corrected chi connectivity index (χ0v) is 18.2. The molecule has 0 radical (unpaired) electrons. The Bertz CT molecular complexity index is 1250. The summed E-state index contributed by atoms with van der Waals surface area (Å²) in [4.78, 5) is 4.13. The number of aryl methyl sites for hydroxylation is 1. The monoisotopic (exact) mass is 459 g/mol. The number of benzene rings is 2. The summed E-state index contributed by atoms with van der Waals surface area (Å²) < 4.78 is 50.1. The van der Waals surface area contributed by atoms with E-state index in [0.29, 0.717) is 21.9 Å². The van der Waals surface area contributed by atoms with Gasteiger partial charge in [-0.3, -0.25) is 4.55 Å². The highest BCUT2D eigenvalue weighted by Crippen LogP contribution is 2.22. The molecule has 0 saturated heterocycles. The van der Waals surface area contributed by atoms with Gasteiger partial charge in [-0.25, -0.2) is 9.37 Å². The molecule has 1 heterocycles. The Labute approximate surface area is 185 Å². The van der Waals surface area contributed by atoms with Gasteiger partial charge >= 0.3 is 0 Å². The zero-order valence-electron chi connectivity index (χ0n) is 16.6. The average molecular weight is 460 g/mol. The van der Waals surface area contributed by atoms with Gasteiger partial charge in [0.05, 0.1) is 12.4 Å². The maximum atomic E-state index is 14.4. The summed E-state index contributed by atoms with van der Waals surface area (Å²) >= 11 is 5.88. The molecule has 0 unspecified atom stereocenters. The fourth-order valence-electron chi connectivity index (χ4n) is 2.77. The molecule has 8 heteroatoms. The van der Waals surface area contributed by atoms with Crippen LogP contribution < -0.4 is 4.74 Å². The molecule has 1 aromatic heterocycles. The molecule has 0 bridgehead atoms. The van der Waals surface area contributed by atoms with Crippen molar-refractivity contribution in [2.24, 2.45) is 0 Å². The van der Waals surface area contributed by atoms with Gasteiger partial charge in [-0.15, -0.1) is 0 Å². The zero-order chi connectivity index (χ0) is 22.4. The van der Waals surface area contributed by atoms with Crippen LogP contribution in [0.4, 0.5) is 4.39 Å². The molecule has 0 fully saturated rings. The normalized spacial score (nSPS) is 11.0. The van der Waals surface area contributed by atoms with Gasteiger partial charge in [-0.05, 0) is 66.8 Å². The van der Waals surface area contributed by atoms with Crippen molar-refractivity contribution < 1.29 is 22.1 Å². The third-order valence-electron chi connectivity index (χ3n) is 4.32. The van der Waals surface area contributed by atoms with Crippen molar-refractivity contribution in [1.82, 2.24) is 4.98 Å². The second-order valence-electron chi connectivity index (χ2n) is 6.78. The van der Waals surface area contributed by atoms with E-state index in [-0.39, 0.29) is 24.5 Å². The lowest BCUT2D eigenvalue weighted by Gasteiger charge is -2.08. The smallest absolute Gasteiger partial charge is 0.264 e. The van der Waals surface area contributed by atoms with E-state index in [9.17, 15) is 12.8 Å². The van der Waals surface area contributed by atoms with Crippen molar-refractivity contribution in [2.45, 2.75) is 13.3 Å². The summed E-state index contributed by atoms with van der Waals surface area (Å²) in [6.07, 6.45) is 1.74. The summed E-state index contributed by atoms with van der Waals surface area (Å²) in [5.74, 6) is 5.33. The van der Waals surface area contributed by atoms with Gasteiger partial charge in [-0.2, -0.15) is 8.42 Å². The van der Waals surface area contributed by atoms with Gasteiger partial charge in [0.2, 0.25) is 0 Å². The highest BCUT2D eigenvalue weighted by atomic mass is 35.5. The molecule has 0 saturated carbocycles. The number of ether oxygens (including phenoxy) is 1. The van der Waals surface area contributed by atoms with E-state index < -0.39 is 15.9 Å². The van der Waals surface area contributed by atoms with Gasteiger partial charge in [-0.1, -0.05) is 29.7 Å². The van der Waals surface area contributed by atoms with E-state index in [4.69, 9.17) is 20.9 Å². The van der Waals surface area contributed by atoms with Crippen molar-refractivity contribution in [3.8, 4) is 28.7 Å². The summed E-state index contributed by atoms with van der Waals surface area (Å²) in [7, 11) is -3.99. The van der Waals surface area contributed by atoms with E-state index in [1.54, 1.807) is 48.7 Å². The molecule has 0 amide bonds. The van der Waals surface area contributed by atoms with E-state index in [0.717, 1.165) is 11.1 Å². The van der Waals surface area contributed by atoms with Crippen LogP contribution in [-0.2, 0) is 10.1 Å². The van der Waals surface area contributed by atoms with Crippen LogP contribution in [0.3, 0.4) is 0 Å². The molecule has 0 aliphatic carbocycles. The lowest BCUT2D eigenvalue weighted by Crippen LogP contribution is -2.08. The van der Waals surface area contributed by atoms with Gasteiger partial charge in [0.25, 0.3) is 10.1 Å². The van der Waals surface area contributed by atoms with Crippen LogP contribution >= 0.6 is 11.6 Å². The molecule has 2 aromatic carbocycles. The number of nitrogens with zero attached hydrogens (tertiary/aromatic N) is 1. The van der Waals surface area contributed by atoms with E-state index in [1.807, 2.05) is 6.92 Å². The highest BCUT2D eigenvalue weighted by molar-refractivity contribution is 7.85. The maximum Gasteiger partial charge on any atom is 0.264 e. The van der Waals surface area contributed by atoms with Crippen LogP contribution in [0.2, 0.25) is 5.02 Å². The first-order valence-corrected chi connectivity index (χ1v) is 11.3. The van der Waals surface area contributed by atoms with Gasteiger partial charge in [0.1, 0.15) is 11.4 Å². The predicted molar refractivity (Wildman–Crippen MR) is 118 cm³/mol. The van der Waals surface area contributed by atoms with Crippen molar-refractivity contribution in [3.05, 3.63) is 82.4 Å². The summed E-state index contributed by atoms with van der Waals surface area (Å²) in [6, 6.07) is 13.6. The molecule has 0 atom stereocenters. The third kappa shape index (κ3) is 6.79. The van der Waals surface area contributed by atoms with Crippen molar-refractivity contribution in [1.29, 1.82) is 0 Å². The quantitative estimate of drug-likeness (QED) is 0.322. The molecule has 0 aliphatic heterocycles. The SMILES string of the molecule is Cc1cc(C#Cc2ncc(-c3ccc(Cl)cc3)cc2F)ccc1OCCCS(=O)(=O)O. The molecule has 0 aliphatic rings. The fourth-order valence-corrected chi connectivity index (χ4v) is 3.38. The number of pyridine rings is 1. The second-order valence-corrected chi connectivity index (χ2v) is 8.79. The van der Waals surface area contributed by atoms with Crippen molar-refractivity contribution in [3.63, 3.8) is 0 Å². The third-order valence-corrected chi connectivity index (χ3v) is 5.38. The minimum absolute atomic E-state index is 0.0425. The lowest BCUT2D eigenvalue weighted by molar-refractivity contribution is 0.314. The Morgan fingerprint density at radius 1 is 1.10 bits per heavy atom. The first-order chi connectivity index (χ1) is 14.7. The number of hydrogen-bond acceptors (Lipinski definition) is 4. The minimum Gasteiger partial charge on any atom is -0.493 e. The summed E-state index contributed by atoms with van der Waals surface area (Å²) in [5, 5.41) is 0.601. The topological polar surface area (TPSA) is 76.5 Å². The summed E-state index contributed by atoms with van der Waals surface area (Å²) in [5.41, 5.74) is 2.93. The molecule has 3 rings (SSSR count). The van der Waals surface area contributed by atoms with Crippen LogP contribution in [0.15, 0.2) is 54.7 Å². The molecular formula is C23H19ClFNO4S. The second kappa shape index (κ2) is 9.92. The van der Waals surface area contributed by atoms with Crippen LogP contribution in [-0.4, -0.2) is 30.3 Å². The Hall–Kier alpha value is -2.92. The minimum atomic E-state index is -3.99. The van der Waals surface area contributed by atoms with Crippen LogP contribution in [0.25, 0.3) is 11.1 Å². The maximum absolute atomic E-state index is 14.4.